The number of pyridine rings is 1. The van der Waals surface area contributed by atoms with Gasteiger partial charge in [-0.3, -0.25) is 0 Å². The molecule has 5 rings (SSSR count). The Kier molecular flexibility index (Phi) is 6.83. The molecule has 0 spiro atoms. The molecule has 2 heterocycles. The predicted octanol–water partition coefficient (Wildman–Crippen LogP) is 4.93. The molecule has 2 aromatic carbocycles. The van der Waals surface area contributed by atoms with Gasteiger partial charge in [0.2, 0.25) is 0 Å². The molecule has 1 fully saturated rings. The number of halogens is 2. The Morgan fingerprint density at radius 1 is 0.808 bits per heavy atom. The van der Waals surface area contributed by atoms with Crippen molar-refractivity contribution in [1.82, 2.24) is 4.98 Å². The fourth-order valence-corrected chi connectivity index (χ4v) is 4.22. The van der Waals surface area contributed by atoms with E-state index in [2.05, 4.69) is 53.4 Å². The van der Waals surface area contributed by atoms with Gasteiger partial charge in [-0.25, -0.2) is 4.98 Å². The number of hydrogen-bond donors (Lipinski definition) is 0. The smallest absolute Gasteiger partial charge is 0.0765 e. The minimum atomic E-state index is 0. The standard InChI is InChI=1S/C21H20N2.2BrH.H2O/c1-2-8-16-15(7-1)11-12-18-20(16)22-19-10-4-3-9-17(19)21(18)23-13-5-6-14-23;;;/h1-4,7-10H,5-6,11-14H2;2*1H;1H2. The highest BCUT2D eigenvalue weighted by Gasteiger charge is 2.26. The summed E-state index contributed by atoms with van der Waals surface area (Å²) in [4.78, 5) is 7.66. The van der Waals surface area contributed by atoms with E-state index >= 15 is 0 Å². The van der Waals surface area contributed by atoms with Gasteiger partial charge in [-0.15, -0.1) is 34.0 Å². The van der Waals surface area contributed by atoms with E-state index in [1.807, 2.05) is 0 Å². The fourth-order valence-electron chi connectivity index (χ4n) is 4.22. The first-order valence-electron chi connectivity index (χ1n) is 8.67. The second kappa shape index (κ2) is 8.51. The average molecular weight is 480 g/mol. The van der Waals surface area contributed by atoms with Crippen LogP contribution in [-0.2, 0) is 12.8 Å². The lowest BCUT2D eigenvalue weighted by Crippen LogP contribution is -2.22. The van der Waals surface area contributed by atoms with Crippen LogP contribution in [0.15, 0.2) is 48.5 Å². The number of fused-ring (bicyclic) bond motifs is 4. The Morgan fingerprint density at radius 2 is 1.50 bits per heavy atom. The fraction of sp³-hybridized carbons (Fsp3) is 0.286. The second-order valence-electron chi connectivity index (χ2n) is 6.66. The van der Waals surface area contributed by atoms with Crippen molar-refractivity contribution in [2.75, 3.05) is 18.0 Å². The van der Waals surface area contributed by atoms with Crippen molar-refractivity contribution in [3.8, 4) is 11.3 Å². The number of hydrogen-bond acceptors (Lipinski definition) is 2. The molecule has 26 heavy (non-hydrogen) atoms. The molecule has 1 aliphatic carbocycles. The molecule has 0 bridgehead atoms. The Labute approximate surface area is 175 Å². The molecule has 3 nitrogen and oxygen atoms in total. The molecule has 0 amide bonds. The summed E-state index contributed by atoms with van der Waals surface area (Å²) in [5.74, 6) is 0. The van der Waals surface area contributed by atoms with Crippen LogP contribution in [0.5, 0.6) is 0 Å². The zero-order valence-electron chi connectivity index (χ0n) is 14.6. The molecule has 3 aromatic rings. The zero-order chi connectivity index (χ0) is 15.2. The molecule has 0 radical (unpaired) electrons. The maximum Gasteiger partial charge on any atom is 0.0765 e. The summed E-state index contributed by atoms with van der Waals surface area (Å²) in [7, 11) is 0. The van der Waals surface area contributed by atoms with Gasteiger partial charge in [0.05, 0.1) is 16.9 Å². The second-order valence-corrected chi connectivity index (χ2v) is 6.66. The number of rotatable bonds is 1. The molecule has 0 saturated carbocycles. The Morgan fingerprint density at radius 3 is 2.31 bits per heavy atom. The van der Waals surface area contributed by atoms with Crippen LogP contribution in [0.25, 0.3) is 22.2 Å². The highest BCUT2D eigenvalue weighted by atomic mass is 79.9. The Hall–Kier alpha value is -1.43. The number of benzene rings is 2. The summed E-state index contributed by atoms with van der Waals surface area (Å²) in [5, 5.41) is 1.33. The lowest BCUT2D eigenvalue weighted by Gasteiger charge is -2.28. The van der Waals surface area contributed by atoms with Crippen LogP contribution < -0.4 is 4.90 Å². The van der Waals surface area contributed by atoms with Gasteiger partial charge >= 0.3 is 0 Å². The summed E-state index contributed by atoms with van der Waals surface area (Å²) in [6, 6.07) is 17.4. The molecule has 5 heteroatoms. The molecule has 2 N–H and O–H groups in total. The SMILES string of the molecule is Br.Br.O.c1ccc2c(c1)CCc1c-2nc2ccccc2c1N1CCCC1. The lowest BCUT2D eigenvalue weighted by molar-refractivity contribution is 0.824. The van der Waals surface area contributed by atoms with E-state index in [0.717, 1.165) is 18.4 Å². The van der Waals surface area contributed by atoms with Gasteiger partial charge < -0.3 is 10.4 Å². The number of nitrogens with zero attached hydrogens (tertiary/aromatic N) is 2. The number of anilines is 1. The number of aromatic nitrogens is 1. The highest BCUT2D eigenvalue weighted by Crippen LogP contribution is 2.41. The number of aryl methyl sites for hydroxylation is 1. The Bertz CT molecular complexity index is 908. The van der Waals surface area contributed by atoms with Crippen molar-refractivity contribution in [2.45, 2.75) is 25.7 Å². The van der Waals surface area contributed by atoms with Gasteiger partial charge in [-0.05, 0) is 37.3 Å². The highest BCUT2D eigenvalue weighted by molar-refractivity contribution is 8.93. The predicted molar refractivity (Wildman–Crippen MR) is 120 cm³/mol. The van der Waals surface area contributed by atoms with Gasteiger partial charge in [0.1, 0.15) is 0 Å². The van der Waals surface area contributed by atoms with Crippen molar-refractivity contribution in [2.24, 2.45) is 0 Å². The van der Waals surface area contributed by atoms with Crippen molar-refractivity contribution in [3.63, 3.8) is 0 Å². The van der Waals surface area contributed by atoms with Crippen molar-refractivity contribution < 1.29 is 5.48 Å². The third-order valence-electron chi connectivity index (χ3n) is 5.30. The van der Waals surface area contributed by atoms with Crippen LogP contribution in [0.3, 0.4) is 0 Å². The van der Waals surface area contributed by atoms with Crippen LogP contribution in [0, 0.1) is 0 Å². The van der Waals surface area contributed by atoms with Crippen LogP contribution in [0.1, 0.15) is 24.0 Å². The quantitative estimate of drug-likeness (QED) is 0.496. The first-order valence-corrected chi connectivity index (χ1v) is 8.67. The summed E-state index contributed by atoms with van der Waals surface area (Å²) in [5.41, 5.74) is 8.04. The molecule has 0 unspecified atom stereocenters. The van der Waals surface area contributed by atoms with Crippen LogP contribution in [-0.4, -0.2) is 23.5 Å². The van der Waals surface area contributed by atoms with Crippen molar-refractivity contribution >= 4 is 50.6 Å². The molecule has 1 aliphatic heterocycles. The normalized spacial score (nSPS) is 14.5. The van der Waals surface area contributed by atoms with Gasteiger partial charge in [-0.1, -0.05) is 42.5 Å². The molecule has 138 valence electrons. The van der Waals surface area contributed by atoms with Crippen LogP contribution >= 0.6 is 34.0 Å². The maximum absolute atomic E-state index is 5.06. The summed E-state index contributed by atoms with van der Waals surface area (Å²) in [6.07, 6.45) is 4.85. The topological polar surface area (TPSA) is 47.6 Å². The lowest BCUT2D eigenvalue weighted by atomic mass is 9.87. The molecular formula is C21H24Br2N2O. The Balaban J connectivity index is 0.000000810. The third-order valence-corrected chi connectivity index (χ3v) is 5.30. The first-order chi connectivity index (χ1) is 11.4. The van der Waals surface area contributed by atoms with Gasteiger partial charge in [-0.2, -0.15) is 0 Å². The van der Waals surface area contributed by atoms with E-state index in [4.69, 9.17) is 4.98 Å². The first kappa shape index (κ1) is 20.9. The summed E-state index contributed by atoms with van der Waals surface area (Å²) in [6.45, 7) is 2.37. The largest absolute Gasteiger partial charge is 0.412 e. The van der Waals surface area contributed by atoms with Crippen molar-refractivity contribution in [3.05, 3.63) is 59.7 Å². The third kappa shape index (κ3) is 3.28. The van der Waals surface area contributed by atoms with Crippen LogP contribution in [0.2, 0.25) is 0 Å². The molecule has 2 aliphatic rings. The van der Waals surface area contributed by atoms with E-state index in [1.54, 1.807) is 0 Å². The van der Waals surface area contributed by atoms with E-state index in [9.17, 15) is 0 Å². The van der Waals surface area contributed by atoms with E-state index in [-0.39, 0.29) is 39.4 Å². The maximum atomic E-state index is 5.06. The van der Waals surface area contributed by atoms with Crippen molar-refractivity contribution in [1.29, 1.82) is 0 Å². The molecular weight excluding hydrogens is 456 g/mol. The van der Waals surface area contributed by atoms with Gasteiger partial charge in [0.25, 0.3) is 0 Å². The summed E-state index contributed by atoms with van der Waals surface area (Å²) < 4.78 is 0. The van der Waals surface area contributed by atoms with Gasteiger partial charge in [0, 0.05) is 29.6 Å². The summed E-state index contributed by atoms with van der Waals surface area (Å²) >= 11 is 0. The number of para-hydroxylation sites is 1. The average Bonchev–Trinajstić information content (AvgIpc) is 3.14. The van der Waals surface area contributed by atoms with E-state index in [0.29, 0.717) is 0 Å². The molecule has 1 saturated heterocycles. The minimum Gasteiger partial charge on any atom is -0.412 e. The molecule has 0 atom stereocenters. The van der Waals surface area contributed by atoms with E-state index in [1.165, 1.54) is 59.4 Å². The zero-order valence-corrected chi connectivity index (χ0v) is 18.0. The minimum absolute atomic E-state index is 0. The monoisotopic (exact) mass is 478 g/mol. The van der Waals surface area contributed by atoms with Gasteiger partial charge in [0.15, 0.2) is 0 Å². The van der Waals surface area contributed by atoms with E-state index < -0.39 is 0 Å². The molecule has 1 aromatic heterocycles. The van der Waals surface area contributed by atoms with Crippen LogP contribution in [0.4, 0.5) is 5.69 Å².